The van der Waals surface area contributed by atoms with Crippen LogP contribution in [-0.4, -0.2) is 54.7 Å². The monoisotopic (exact) mass is 727 g/mol. The lowest BCUT2D eigenvalue weighted by molar-refractivity contribution is -0.449. The van der Waals surface area contributed by atoms with E-state index in [1.807, 2.05) is 0 Å². The van der Waals surface area contributed by atoms with Crippen molar-refractivity contribution in [3.05, 3.63) is 95.3 Å². The highest BCUT2D eigenvalue weighted by Crippen LogP contribution is 2.62. The van der Waals surface area contributed by atoms with Crippen LogP contribution in [0.4, 0.5) is 75.9 Å². The van der Waals surface area contributed by atoms with Crippen molar-refractivity contribution in [3.8, 4) is 17.6 Å². The van der Waals surface area contributed by atoms with E-state index in [1.54, 1.807) is 0 Å². The highest BCUT2D eigenvalue weighted by molar-refractivity contribution is 6.00. The zero-order valence-corrected chi connectivity index (χ0v) is 23.9. The molecule has 0 heterocycles. The van der Waals surface area contributed by atoms with Gasteiger partial charge < -0.3 is 9.64 Å². The van der Waals surface area contributed by atoms with Gasteiger partial charge in [-0.1, -0.05) is 36.1 Å². The van der Waals surface area contributed by atoms with Crippen LogP contribution in [0.25, 0.3) is 0 Å². The van der Waals surface area contributed by atoms with Crippen molar-refractivity contribution >= 4 is 11.6 Å². The Morgan fingerprint density at radius 3 is 1.63 bits per heavy atom. The van der Waals surface area contributed by atoms with Crippen LogP contribution in [-0.2, 0) is 11.3 Å². The summed E-state index contributed by atoms with van der Waals surface area (Å²) in [7, 11) is 1.32. The van der Waals surface area contributed by atoms with Crippen molar-refractivity contribution in [3.63, 3.8) is 0 Å². The van der Waals surface area contributed by atoms with E-state index in [0.29, 0.717) is 23.9 Å². The molecule has 0 aliphatic rings. The summed E-state index contributed by atoms with van der Waals surface area (Å²) in [5, 5.41) is 0. The smallest absolute Gasteiger partial charge is 0.460 e. The number of rotatable bonds is 10. The van der Waals surface area contributed by atoms with E-state index in [0.717, 1.165) is 30.3 Å². The quantitative estimate of drug-likeness (QED) is 0.154. The van der Waals surface area contributed by atoms with Gasteiger partial charge in [-0.3, -0.25) is 4.79 Å². The summed E-state index contributed by atoms with van der Waals surface area (Å²) < 4.78 is 227. The molecule has 266 valence electrons. The van der Waals surface area contributed by atoms with Crippen LogP contribution in [0.3, 0.4) is 0 Å². The Kier molecular flexibility index (Phi) is 10.3. The van der Waals surface area contributed by atoms with E-state index >= 15 is 8.78 Å². The molecular formula is C30H17F16NO2. The Hall–Kier alpha value is -4.63. The van der Waals surface area contributed by atoms with Gasteiger partial charge in [0.15, 0.2) is 0 Å². The topological polar surface area (TPSA) is 29.5 Å². The van der Waals surface area contributed by atoms with Gasteiger partial charge >= 0.3 is 47.6 Å². The molecule has 3 aromatic carbocycles. The zero-order chi connectivity index (χ0) is 37.4. The molecule has 1 amide bonds. The summed E-state index contributed by atoms with van der Waals surface area (Å²) in [5.74, 6) is -48.3. The Bertz CT molecular complexity index is 1710. The predicted octanol–water partition coefficient (Wildman–Crippen LogP) is 9.14. The lowest BCUT2D eigenvalue weighted by atomic mass is 9.90. The molecule has 3 rings (SSSR count). The van der Waals surface area contributed by atoms with Gasteiger partial charge in [0.05, 0.1) is 19.3 Å². The minimum absolute atomic E-state index is 0.183. The van der Waals surface area contributed by atoms with Gasteiger partial charge in [0.25, 0.3) is 0 Å². The van der Waals surface area contributed by atoms with Crippen molar-refractivity contribution < 1.29 is 79.8 Å². The molecule has 3 aromatic rings. The van der Waals surface area contributed by atoms with Crippen LogP contribution in [0.2, 0.25) is 0 Å². The fourth-order valence-corrected chi connectivity index (χ4v) is 3.94. The van der Waals surface area contributed by atoms with Crippen molar-refractivity contribution in [1.82, 2.24) is 0 Å². The summed E-state index contributed by atoms with van der Waals surface area (Å²) in [6.07, 6.45) is -7.77. The number of halogens is 16. The van der Waals surface area contributed by atoms with E-state index < -0.39 is 81.7 Å². The molecule has 0 unspecified atom stereocenters. The zero-order valence-electron chi connectivity index (χ0n) is 23.9. The average Bonchev–Trinajstić information content (AvgIpc) is 3.02. The van der Waals surface area contributed by atoms with Gasteiger partial charge in [-0.15, -0.1) is 0 Å². The van der Waals surface area contributed by atoms with Gasteiger partial charge in [0.1, 0.15) is 11.6 Å². The summed E-state index contributed by atoms with van der Waals surface area (Å²) in [4.78, 5) is 12.6. The maximum absolute atomic E-state index is 15.2. The van der Waals surface area contributed by atoms with Crippen LogP contribution in [0.1, 0.15) is 16.7 Å². The highest BCUT2D eigenvalue weighted by Gasteiger charge is 2.94. The van der Waals surface area contributed by atoms with Gasteiger partial charge in [0.2, 0.25) is 0 Å². The SMILES string of the molecule is COc1ccc(C#Cc2ccccc2N(Cc2ccc(F)cc2)C(=O)C(F)(F)C(F)(F)C(F)(F)C(F)(F)C(F)(F)C(F)(F)C(F)(F)F)cc1. The molecule has 0 saturated heterocycles. The summed E-state index contributed by atoms with van der Waals surface area (Å²) >= 11 is 0. The lowest BCUT2D eigenvalue weighted by Crippen LogP contribution is -2.74. The first-order chi connectivity index (χ1) is 22.3. The first kappa shape index (κ1) is 38.8. The molecule has 0 aliphatic carbocycles. The van der Waals surface area contributed by atoms with Crippen molar-refractivity contribution in [2.75, 3.05) is 12.0 Å². The number of carbonyl (C=O) groups excluding carboxylic acids is 1. The molecule has 0 fully saturated rings. The molecule has 0 aliphatic heterocycles. The lowest BCUT2D eigenvalue weighted by Gasteiger charge is -2.41. The maximum atomic E-state index is 15.2. The molecule has 19 heteroatoms. The molecule has 0 saturated carbocycles. The summed E-state index contributed by atoms with van der Waals surface area (Å²) in [6, 6.07) is 12.2. The maximum Gasteiger partial charge on any atom is 0.460 e. The summed E-state index contributed by atoms with van der Waals surface area (Å²) in [6.45, 7) is -1.38. The van der Waals surface area contributed by atoms with Gasteiger partial charge in [-0.05, 0) is 54.1 Å². The van der Waals surface area contributed by atoms with Gasteiger partial charge in [0, 0.05) is 11.1 Å². The Balaban J connectivity index is 2.19. The molecule has 49 heavy (non-hydrogen) atoms. The van der Waals surface area contributed by atoms with E-state index in [-0.39, 0.29) is 5.56 Å². The molecule has 3 nitrogen and oxygen atoms in total. The molecule has 0 spiro atoms. The van der Waals surface area contributed by atoms with E-state index in [2.05, 4.69) is 11.8 Å². The third-order valence-electron chi connectivity index (χ3n) is 6.72. The van der Waals surface area contributed by atoms with Crippen LogP contribution >= 0.6 is 0 Å². The number of hydrogen-bond acceptors (Lipinski definition) is 2. The van der Waals surface area contributed by atoms with E-state index in [4.69, 9.17) is 4.74 Å². The Morgan fingerprint density at radius 1 is 0.633 bits per heavy atom. The molecular weight excluding hydrogens is 710 g/mol. The standard InChI is InChI=1S/C30H17F16NO2/c1-49-21-14-9-17(10-15-21)6-11-19-4-2-3-5-22(19)47(16-18-7-12-20(31)13-8-18)23(48)24(32,33)25(34,35)26(36,37)27(38,39)28(40,41)29(42,43)30(44,45)46/h2-5,7-10,12-15H,16H2,1H3. The molecule has 0 radical (unpaired) electrons. The van der Waals surface area contributed by atoms with Crippen LogP contribution in [0, 0.1) is 17.7 Å². The van der Waals surface area contributed by atoms with Crippen molar-refractivity contribution in [1.29, 1.82) is 0 Å². The third-order valence-corrected chi connectivity index (χ3v) is 6.72. The summed E-state index contributed by atoms with van der Waals surface area (Å²) in [5.41, 5.74) is -1.68. The van der Waals surface area contributed by atoms with Crippen molar-refractivity contribution in [2.24, 2.45) is 0 Å². The number of amides is 1. The van der Waals surface area contributed by atoms with Gasteiger partial charge in [-0.25, -0.2) is 4.39 Å². The number of ether oxygens (including phenoxy) is 1. The number of nitrogens with zero attached hydrogens (tertiary/aromatic N) is 1. The second-order valence-corrected chi connectivity index (χ2v) is 9.96. The fraction of sp³-hybridized carbons (Fsp3) is 0.300. The average molecular weight is 727 g/mol. The predicted molar refractivity (Wildman–Crippen MR) is 139 cm³/mol. The second-order valence-electron chi connectivity index (χ2n) is 9.96. The number of benzene rings is 3. The second kappa shape index (κ2) is 13.0. The van der Waals surface area contributed by atoms with Crippen LogP contribution in [0.15, 0.2) is 72.8 Å². The number of methoxy groups -OCH3 is 1. The minimum Gasteiger partial charge on any atom is -0.497 e. The van der Waals surface area contributed by atoms with E-state index in [9.17, 15) is 66.3 Å². The van der Waals surface area contributed by atoms with Crippen molar-refractivity contribution in [2.45, 2.75) is 48.3 Å². The third kappa shape index (κ3) is 6.69. The first-order valence-electron chi connectivity index (χ1n) is 12.9. The normalized spacial score (nSPS) is 13.4. The van der Waals surface area contributed by atoms with Gasteiger partial charge in [-0.2, -0.15) is 65.9 Å². The number of hydrogen-bond donors (Lipinski definition) is 0. The molecule has 0 bridgehead atoms. The minimum atomic E-state index is -8.57. The molecule has 0 atom stereocenters. The number of para-hydroxylation sites is 1. The Morgan fingerprint density at radius 2 is 1.12 bits per heavy atom. The highest BCUT2D eigenvalue weighted by atomic mass is 19.4. The number of anilines is 1. The number of carbonyl (C=O) groups is 1. The van der Waals surface area contributed by atoms with Crippen LogP contribution in [0.5, 0.6) is 5.75 Å². The van der Waals surface area contributed by atoms with Crippen LogP contribution < -0.4 is 9.64 Å². The largest absolute Gasteiger partial charge is 0.497 e. The Labute approximate surface area is 265 Å². The van der Waals surface area contributed by atoms with E-state index in [1.165, 1.54) is 31.4 Å². The molecule has 0 N–H and O–H groups in total. The molecule has 0 aromatic heterocycles. The first-order valence-corrected chi connectivity index (χ1v) is 12.9. The number of alkyl halides is 15. The fourth-order valence-electron chi connectivity index (χ4n) is 3.94.